The van der Waals surface area contributed by atoms with E-state index in [-0.39, 0.29) is 11.6 Å². The van der Waals surface area contributed by atoms with Gasteiger partial charge in [-0.25, -0.2) is 0 Å². The lowest BCUT2D eigenvalue weighted by molar-refractivity contribution is -1.17. The highest BCUT2D eigenvalue weighted by Gasteiger charge is 2.70. The first-order valence-electron chi connectivity index (χ1n) is 9.26. The van der Waals surface area contributed by atoms with Gasteiger partial charge in [-0.15, -0.1) is 0 Å². The van der Waals surface area contributed by atoms with Crippen molar-refractivity contribution in [1.82, 2.24) is 0 Å². The van der Waals surface area contributed by atoms with E-state index in [0.717, 1.165) is 22.6 Å². The smallest absolute Gasteiger partial charge is 0.242 e. The highest BCUT2D eigenvalue weighted by molar-refractivity contribution is 5.91. The molecule has 4 aliphatic rings. The van der Waals surface area contributed by atoms with Gasteiger partial charge in [0.05, 0.1) is 19.7 Å². The lowest BCUT2D eigenvalue weighted by Crippen LogP contribution is -3.46. The van der Waals surface area contributed by atoms with E-state index in [0.29, 0.717) is 32.0 Å². The summed E-state index contributed by atoms with van der Waals surface area (Å²) >= 11 is 0. The first-order valence-corrected chi connectivity index (χ1v) is 9.26. The number of Topliss-reactive ketones (excluding diaryl/α,β-unsaturated/α-hetero) is 1. The molecule has 4 saturated heterocycles. The van der Waals surface area contributed by atoms with Crippen molar-refractivity contribution in [3.8, 4) is 0 Å². The number of quaternary nitrogens is 2. The number of nitrogens with one attached hydrogen (secondary N) is 2. The highest BCUT2D eigenvalue weighted by atomic mass is 16.4. The summed E-state index contributed by atoms with van der Waals surface area (Å²) in [6.07, 6.45) is -4.47. The predicted molar refractivity (Wildman–Crippen MR) is 86.7 cm³/mol. The zero-order valence-electron chi connectivity index (χ0n) is 15.0. The molecule has 8 heteroatoms. The molecule has 0 saturated carbocycles. The number of aliphatic hydroxyl groups is 5. The number of piperidine rings is 2. The van der Waals surface area contributed by atoms with Crippen LogP contribution in [0.15, 0.2) is 0 Å². The maximum Gasteiger partial charge on any atom is 0.242 e. The first kappa shape index (κ1) is 19.2. The molecule has 0 aromatic rings. The van der Waals surface area contributed by atoms with Gasteiger partial charge < -0.3 is 25.5 Å². The molecule has 0 amide bonds. The van der Waals surface area contributed by atoms with Gasteiger partial charge in [-0.3, -0.25) is 14.6 Å². The Morgan fingerprint density at radius 1 is 1.08 bits per heavy atom. The van der Waals surface area contributed by atoms with Crippen molar-refractivity contribution in [2.45, 2.75) is 57.3 Å². The average molecular weight is 360 g/mol. The Hall–Kier alpha value is -0.610. The number of ketones is 1. The molecule has 4 fully saturated rings. The van der Waals surface area contributed by atoms with Crippen LogP contribution in [-0.4, -0.2) is 94.7 Å². The second-order valence-corrected chi connectivity index (χ2v) is 8.64. The average Bonchev–Trinajstić information content (AvgIpc) is 2.56. The van der Waals surface area contributed by atoms with Crippen molar-refractivity contribution < 1.29 is 40.1 Å². The largest absolute Gasteiger partial charge is 0.394 e. The van der Waals surface area contributed by atoms with Gasteiger partial charge in [0.1, 0.15) is 42.2 Å². The second kappa shape index (κ2) is 6.53. The first-order chi connectivity index (χ1) is 11.7. The fourth-order valence-corrected chi connectivity index (χ4v) is 5.80. The predicted octanol–water partition coefficient (Wildman–Crippen LogP) is -5.08. The molecule has 4 rings (SSSR count). The molecule has 8 nitrogen and oxygen atoms in total. The van der Waals surface area contributed by atoms with E-state index in [1.54, 1.807) is 0 Å². The van der Waals surface area contributed by atoms with Crippen LogP contribution in [-0.2, 0) is 4.79 Å². The van der Waals surface area contributed by atoms with Crippen molar-refractivity contribution in [2.24, 2.45) is 10.8 Å². The molecule has 0 aromatic carbocycles. The molecule has 6 atom stereocenters. The van der Waals surface area contributed by atoms with Crippen LogP contribution in [0.3, 0.4) is 0 Å². The molecule has 2 unspecified atom stereocenters. The van der Waals surface area contributed by atoms with E-state index in [9.17, 15) is 25.2 Å². The minimum absolute atomic E-state index is 0.346. The summed E-state index contributed by atoms with van der Waals surface area (Å²) in [5.74, 6) is 0.346. The van der Waals surface area contributed by atoms with Crippen LogP contribution in [0.25, 0.3) is 0 Å². The molecule has 7 N–H and O–H groups in total. The lowest BCUT2D eigenvalue weighted by atomic mass is 9.59. The Labute approximate surface area is 147 Å². The normalized spacial score (nSPS) is 44.6. The van der Waals surface area contributed by atoms with Gasteiger partial charge in [0.25, 0.3) is 0 Å². The third kappa shape index (κ3) is 2.84. The Bertz CT molecular complexity index is 513. The quantitative estimate of drug-likeness (QED) is 0.244. The lowest BCUT2D eigenvalue weighted by Gasteiger charge is -2.60. The van der Waals surface area contributed by atoms with Gasteiger partial charge in [-0.2, -0.15) is 0 Å². The molecule has 25 heavy (non-hydrogen) atoms. The summed E-state index contributed by atoms with van der Waals surface area (Å²) in [5, 5.41) is 49.4. The summed E-state index contributed by atoms with van der Waals surface area (Å²) in [5.41, 5.74) is -0.754. The Balaban J connectivity index is 1.82. The Morgan fingerprint density at radius 3 is 2.12 bits per heavy atom. The van der Waals surface area contributed by atoms with Crippen LogP contribution in [0.4, 0.5) is 0 Å². The number of carbonyl (C=O) groups excluding carboxylic acids is 1. The fraction of sp³-hybridized carbons (Fsp3) is 0.941. The van der Waals surface area contributed by atoms with Gasteiger partial charge >= 0.3 is 0 Å². The zero-order chi connectivity index (χ0) is 18.6. The Kier molecular flexibility index (Phi) is 5.00. The van der Waals surface area contributed by atoms with Crippen molar-refractivity contribution >= 4 is 5.78 Å². The standard InChI is InChI=1S/C17H30N2O6/c1-3-4-17-8-18-6-16(2,15(17)25)7-19(9-17)14(18)13(24)12(23)11(22)10(21)5-20/h10-14,20-24H,3-9H2,1-2H3/p+2/t10-,11-,12-,13+,14?,16?,17?/m1/s1. The van der Waals surface area contributed by atoms with Crippen LogP contribution in [0.1, 0.15) is 26.7 Å². The van der Waals surface area contributed by atoms with Crippen LogP contribution < -0.4 is 9.80 Å². The molecule has 0 radical (unpaired) electrons. The number of aliphatic hydroxyl groups excluding tert-OH is 5. The summed E-state index contributed by atoms with van der Waals surface area (Å²) in [4.78, 5) is 15.2. The Morgan fingerprint density at radius 2 is 1.64 bits per heavy atom. The van der Waals surface area contributed by atoms with Gasteiger partial charge in [-0.05, 0) is 13.3 Å². The highest BCUT2D eigenvalue weighted by Crippen LogP contribution is 2.38. The SMILES string of the molecule is CCCC12C[NH+]3CC(C)(C[NH+](C1)C3[C@@H](O)[C@H](O)[C@H](O)[C@H](O)CO)C2=O. The van der Waals surface area contributed by atoms with Crippen molar-refractivity contribution in [3.05, 3.63) is 0 Å². The molecule has 0 spiro atoms. The van der Waals surface area contributed by atoms with Crippen molar-refractivity contribution in [3.63, 3.8) is 0 Å². The van der Waals surface area contributed by atoms with Gasteiger partial charge in [-0.1, -0.05) is 13.3 Å². The van der Waals surface area contributed by atoms with Crippen LogP contribution >= 0.6 is 0 Å². The fourth-order valence-electron chi connectivity index (χ4n) is 5.80. The topological polar surface area (TPSA) is 127 Å². The maximum absolute atomic E-state index is 13.0. The molecule has 144 valence electrons. The minimum atomic E-state index is -1.61. The third-order valence-corrected chi connectivity index (χ3v) is 6.63. The molecule has 4 bridgehead atoms. The molecular weight excluding hydrogens is 328 g/mol. The van der Waals surface area contributed by atoms with E-state index in [2.05, 4.69) is 6.92 Å². The molecule has 0 aromatic heterocycles. The van der Waals surface area contributed by atoms with Crippen molar-refractivity contribution in [1.29, 1.82) is 0 Å². The number of hydrogen-bond acceptors (Lipinski definition) is 6. The molecule has 0 aliphatic carbocycles. The zero-order valence-corrected chi connectivity index (χ0v) is 15.0. The molecule has 4 heterocycles. The number of carbonyl (C=O) groups is 1. The number of hydrogen-bond donors (Lipinski definition) is 7. The summed E-state index contributed by atoms with van der Waals surface area (Å²) < 4.78 is 0. The van der Waals surface area contributed by atoms with E-state index < -0.39 is 36.4 Å². The monoisotopic (exact) mass is 360 g/mol. The van der Waals surface area contributed by atoms with Crippen LogP contribution in [0, 0.1) is 10.8 Å². The molecule has 4 aliphatic heterocycles. The van der Waals surface area contributed by atoms with Crippen LogP contribution in [0.5, 0.6) is 0 Å². The van der Waals surface area contributed by atoms with Gasteiger partial charge in [0.15, 0.2) is 11.9 Å². The maximum atomic E-state index is 13.0. The van der Waals surface area contributed by atoms with Gasteiger partial charge in [0.2, 0.25) is 6.17 Å². The minimum Gasteiger partial charge on any atom is -0.394 e. The van der Waals surface area contributed by atoms with E-state index in [1.165, 1.54) is 0 Å². The third-order valence-electron chi connectivity index (χ3n) is 6.63. The number of rotatable bonds is 7. The van der Waals surface area contributed by atoms with Crippen LogP contribution in [0.2, 0.25) is 0 Å². The van der Waals surface area contributed by atoms with E-state index >= 15 is 0 Å². The summed E-state index contributed by atoms with van der Waals surface area (Å²) in [7, 11) is 0. The van der Waals surface area contributed by atoms with Crippen molar-refractivity contribution in [2.75, 3.05) is 32.8 Å². The summed E-state index contributed by atoms with van der Waals surface area (Å²) in [6, 6.07) is 0. The second-order valence-electron chi connectivity index (χ2n) is 8.64. The van der Waals surface area contributed by atoms with E-state index in [4.69, 9.17) is 5.11 Å². The summed E-state index contributed by atoms with van der Waals surface area (Å²) in [6.45, 7) is 5.92. The van der Waals surface area contributed by atoms with Gasteiger partial charge in [0, 0.05) is 0 Å². The van der Waals surface area contributed by atoms with E-state index in [1.807, 2.05) is 6.92 Å². The molecular formula is C17H32N2O6+2.